The summed E-state index contributed by atoms with van der Waals surface area (Å²) in [4.78, 5) is 7.12. The Balaban J connectivity index is 1.51. The number of aromatic nitrogens is 3. The molecular formula is C28H32N6O. The van der Waals surface area contributed by atoms with Crippen LogP contribution in [0.2, 0.25) is 0 Å². The lowest BCUT2D eigenvalue weighted by molar-refractivity contribution is 0.301. The van der Waals surface area contributed by atoms with Crippen LogP contribution in [0.25, 0.3) is 22.2 Å². The zero-order valence-corrected chi connectivity index (χ0v) is 20.5. The molecule has 0 radical (unpaired) electrons. The van der Waals surface area contributed by atoms with E-state index in [0.717, 1.165) is 57.7 Å². The highest BCUT2D eigenvalue weighted by Crippen LogP contribution is 2.43. The summed E-state index contributed by atoms with van der Waals surface area (Å²) in [6.07, 6.45) is 7.04. The molecule has 1 aliphatic carbocycles. The van der Waals surface area contributed by atoms with Crippen molar-refractivity contribution in [3.05, 3.63) is 66.2 Å². The minimum Gasteiger partial charge on any atom is -0.487 e. The van der Waals surface area contributed by atoms with Gasteiger partial charge in [-0.05, 0) is 69.9 Å². The lowest BCUT2D eigenvalue weighted by atomic mass is 9.92. The molecule has 1 atom stereocenters. The van der Waals surface area contributed by atoms with Crippen molar-refractivity contribution in [2.45, 2.75) is 64.9 Å². The van der Waals surface area contributed by atoms with Gasteiger partial charge in [-0.3, -0.25) is 5.32 Å². The number of benzene rings is 2. The number of nitriles is 1. The number of fused-ring (bicyclic) bond motifs is 1. The second kappa shape index (κ2) is 9.85. The smallest absolute Gasteiger partial charge is 0.130 e. The van der Waals surface area contributed by atoms with Gasteiger partial charge in [-0.25, -0.2) is 4.98 Å². The Morgan fingerprint density at radius 1 is 1.17 bits per heavy atom. The second-order valence-electron chi connectivity index (χ2n) is 9.60. The van der Waals surface area contributed by atoms with E-state index in [9.17, 15) is 5.26 Å². The van der Waals surface area contributed by atoms with Gasteiger partial charge in [-0.15, -0.1) is 0 Å². The Morgan fingerprint density at radius 2 is 1.97 bits per heavy atom. The largest absolute Gasteiger partial charge is 0.487 e. The first kappa shape index (κ1) is 23.0. The highest BCUT2D eigenvalue weighted by Gasteiger charge is 2.28. The minimum absolute atomic E-state index is 0.164. The van der Waals surface area contributed by atoms with Crippen molar-refractivity contribution in [2.75, 3.05) is 5.32 Å². The first-order valence-corrected chi connectivity index (χ1v) is 12.3. The van der Waals surface area contributed by atoms with Crippen molar-refractivity contribution in [3.63, 3.8) is 0 Å². The minimum atomic E-state index is 0.164. The van der Waals surface area contributed by atoms with E-state index in [2.05, 4.69) is 82.3 Å². The molecule has 5 rings (SSSR count). The van der Waals surface area contributed by atoms with Gasteiger partial charge in [0.15, 0.2) is 0 Å². The molecular weight excluding hydrogens is 436 g/mol. The van der Waals surface area contributed by atoms with Crippen LogP contribution < -0.4 is 15.4 Å². The molecule has 1 saturated carbocycles. The monoisotopic (exact) mass is 468 g/mol. The standard InChI is InChI=1S/C28H32N6O/c1-18(2)32-19(3)33-21-9-7-20(8-10-21)28-26(14-29)25-12-11-24(35-16-22-15-30-17-31-22)13-27(25)34(28)23-5-4-6-23/h7-13,15,17-19,23,32-33H,4-6,16H2,1-3H3,(H,30,31). The number of hydrogen-bond acceptors (Lipinski definition) is 5. The first-order chi connectivity index (χ1) is 17.0. The molecule has 0 bridgehead atoms. The van der Waals surface area contributed by atoms with Crippen molar-refractivity contribution < 1.29 is 4.74 Å². The highest BCUT2D eigenvalue weighted by atomic mass is 16.5. The van der Waals surface area contributed by atoms with E-state index in [1.165, 1.54) is 6.42 Å². The quantitative estimate of drug-likeness (QED) is 0.264. The molecule has 1 fully saturated rings. The topological polar surface area (TPSA) is 90.7 Å². The van der Waals surface area contributed by atoms with Crippen molar-refractivity contribution in [1.82, 2.24) is 19.9 Å². The average Bonchev–Trinajstić information content (AvgIpc) is 3.43. The number of ether oxygens (including phenoxy) is 1. The number of nitrogens with zero attached hydrogens (tertiary/aromatic N) is 3. The molecule has 0 aliphatic heterocycles. The summed E-state index contributed by atoms with van der Waals surface area (Å²) in [6, 6.07) is 17.8. The maximum absolute atomic E-state index is 10.2. The maximum atomic E-state index is 10.2. The number of rotatable bonds is 9. The Bertz CT molecular complexity index is 1330. The number of hydrogen-bond donors (Lipinski definition) is 3. The van der Waals surface area contributed by atoms with Crippen LogP contribution in [-0.4, -0.2) is 26.7 Å². The Morgan fingerprint density at radius 3 is 2.60 bits per heavy atom. The summed E-state index contributed by atoms with van der Waals surface area (Å²) < 4.78 is 8.40. The molecule has 2 aromatic heterocycles. The van der Waals surface area contributed by atoms with Gasteiger partial charge in [0.1, 0.15) is 18.4 Å². The van der Waals surface area contributed by atoms with Gasteiger partial charge in [0, 0.05) is 29.2 Å². The first-order valence-electron chi connectivity index (χ1n) is 12.3. The zero-order valence-electron chi connectivity index (χ0n) is 20.5. The second-order valence-corrected chi connectivity index (χ2v) is 9.60. The van der Waals surface area contributed by atoms with E-state index in [0.29, 0.717) is 18.7 Å². The van der Waals surface area contributed by atoms with Crippen molar-refractivity contribution in [1.29, 1.82) is 5.26 Å². The molecule has 7 heteroatoms. The van der Waals surface area contributed by atoms with E-state index in [-0.39, 0.29) is 6.17 Å². The predicted molar refractivity (Wildman–Crippen MR) is 139 cm³/mol. The molecule has 2 aromatic carbocycles. The Labute approximate surface area is 206 Å². The molecule has 1 aliphatic rings. The van der Waals surface area contributed by atoms with Crippen molar-refractivity contribution >= 4 is 16.6 Å². The SMILES string of the molecule is CC(C)NC(C)Nc1ccc(-c2c(C#N)c3ccc(OCc4cnc[nH]4)cc3n2C2CCC2)cc1. The van der Waals surface area contributed by atoms with E-state index >= 15 is 0 Å². The van der Waals surface area contributed by atoms with Gasteiger partial charge in [0.25, 0.3) is 0 Å². The van der Waals surface area contributed by atoms with Crippen molar-refractivity contribution in [2.24, 2.45) is 0 Å². The molecule has 3 N–H and O–H groups in total. The molecule has 180 valence electrons. The van der Waals surface area contributed by atoms with E-state index in [1.54, 1.807) is 12.5 Å². The summed E-state index contributed by atoms with van der Waals surface area (Å²) in [6.45, 7) is 6.81. The number of imidazole rings is 1. The van der Waals surface area contributed by atoms with E-state index in [4.69, 9.17) is 4.74 Å². The molecule has 0 amide bonds. The van der Waals surface area contributed by atoms with Gasteiger partial charge >= 0.3 is 0 Å². The third-order valence-electron chi connectivity index (χ3n) is 6.60. The lowest BCUT2D eigenvalue weighted by Gasteiger charge is -2.30. The summed E-state index contributed by atoms with van der Waals surface area (Å²) in [7, 11) is 0. The van der Waals surface area contributed by atoms with Gasteiger partial charge in [-0.2, -0.15) is 5.26 Å². The molecule has 0 saturated heterocycles. The summed E-state index contributed by atoms with van der Waals surface area (Å²) in [5.74, 6) is 0.785. The van der Waals surface area contributed by atoms with Crippen LogP contribution in [0.4, 0.5) is 5.69 Å². The van der Waals surface area contributed by atoms with Crippen LogP contribution >= 0.6 is 0 Å². The normalized spacial score (nSPS) is 14.6. The Kier molecular flexibility index (Phi) is 6.47. The van der Waals surface area contributed by atoms with Crippen molar-refractivity contribution in [3.8, 4) is 23.1 Å². The Hall–Kier alpha value is -3.76. The van der Waals surface area contributed by atoms with E-state index < -0.39 is 0 Å². The molecule has 0 spiro atoms. The van der Waals surface area contributed by atoms with Gasteiger partial charge in [0.2, 0.25) is 0 Å². The van der Waals surface area contributed by atoms with Crippen LogP contribution in [-0.2, 0) is 6.61 Å². The lowest BCUT2D eigenvalue weighted by Crippen LogP contribution is -2.37. The summed E-state index contributed by atoms with van der Waals surface area (Å²) in [5.41, 5.74) is 5.80. The fraction of sp³-hybridized carbons (Fsp3) is 0.357. The fourth-order valence-corrected chi connectivity index (χ4v) is 4.84. The zero-order chi connectivity index (χ0) is 24.4. The maximum Gasteiger partial charge on any atom is 0.130 e. The molecule has 1 unspecified atom stereocenters. The highest BCUT2D eigenvalue weighted by molar-refractivity contribution is 5.95. The summed E-state index contributed by atoms with van der Waals surface area (Å²) in [5, 5.41) is 18.1. The van der Waals surface area contributed by atoms with E-state index in [1.807, 2.05) is 12.1 Å². The van der Waals surface area contributed by atoms with Crippen LogP contribution in [0.15, 0.2) is 55.0 Å². The summed E-state index contributed by atoms with van der Waals surface area (Å²) >= 11 is 0. The van der Waals surface area contributed by atoms with Crippen LogP contribution in [0, 0.1) is 11.3 Å². The number of anilines is 1. The van der Waals surface area contributed by atoms with Gasteiger partial charge in [0.05, 0.1) is 41.2 Å². The molecule has 7 nitrogen and oxygen atoms in total. The number of H-pyrrole nitrogens is 1. The predicted octanol–water partition coefficient (Wildman–Crippen LogP) is 5.96. The van der Waals surface area contributed by atoms with Crippen LogP contribution in [0.3, 0.4) is 0 Å². The third kappa shape index (κ3) is 4.75. The molecule has 35 heavy (non-hydrogen) atoms. The van der Waals surface area contributed by atoms with Crippen LogP contribution in [0.1, 0.15) is 57.3 Å². The third-order valence-corrected chi connectivity index (χ3v) is 6.60. The molecule has 4 aromatic rings. The average molecular weight is 469 g/mol. The number of aromatic amines is 1. The fourth-order valence-electron chi connectivity index (χ4n) is 4.84. The number of nitrogens with one attached hydrogen (secondary N) is 3. The van der Waals surface area contributed by atoms with Crippen LogP contribution in [0.5, 0.6) is 5.75 Å². The molecule has 2 heterocycles. The van der Waals surface area contributed by atoms with Gasteiger partial charge in [-0.1, -0.05) is 12.1 Å². The van der Waals surface area contributed by atoms with Gasteiger partial charge < -0.3 is 19.6 Å².